The second-order valence-corrected chi connectivity index (χ2v) is 12.3. The van der Waals surface area contributed by atoms with Gasteiger partial charge in [-0.1, -0.05) is 121 Å². The molecule has 0 bridgehead atoms. The van der Waals surface area contributed by atoms with Crippen molar-refractivity contribution in [3.8, 4) is 0 Å². The summed E-state index contributed by atoms with van der Waals surface area (Å²) in [6.45, 7) is 3.15. The molecule has 1 aliphatic heterocycles. The molecule has 0 saturated carbocycles. The van der Waals surface area contributed by atoms with Gasteiger partial charge < -0.3 is 45.4 Å². The molecule has 0 spiro atoms. The fraction of sp³-hybridized carbons (Fsp3) is 0.794. The first kappa shape index (κ1) is 38.6. The molecule has 44 heavy (non-hydrogen) atoms. The first-order chi connectivity index (χ1) is 21.2. The van der Waals surface area contributed by atoms with Crippen LogP contribution in [0.2, 0.25) is 0 Å². The molecule has 1 aliphatic rings. The third-order valence-corrected chi connectivity index (χ3v) is 8.70. The van der Waals surface area contributed by atoms with Crippen molar-refractivity contribution in [2.24, 2.45) is 0 Å². The molecule has 1 amide bonds. The van der Waals surface area contributed by atoms with Crippen LogP contribution in [0.15, 0.2) is 30.3 Å². The topological polar surface area (TPSA) is 169 Å². The van der Waals surface area contributed by atoms with E-state index in [1.807, 2.05) is 37.3 Å². The van der Waals surface area contributed by atoms with Crippen LogP contribution in [-0.2, 0) is 14.3 Å². The molecule has 1 unspecified atom stereocenters. The largest absolute Gasteiger partial charge is 0.394 e. The van der Waals surface area contributed by atoms with Crippen LogP contribution in [0.1, 0.15) is 115 Å². The average Bonchev–Trinajstić information content (AvgIpc) is 3.03. The highest BCUT2D eigenvalue weighted by Crippen LogP contribution is 2.24. The molecular formula is C34H59NO9. The van der Waals surface area contributed by atoms with E-state index in [4.69, 9.17) is 9.47 Å². The number of aliphatic hydroxyl groups excluding tert-OH is 6. The monoisotopic (exact) mass is 625 g/mol. The summed E-state index contributed by atoms with van der Waals surface area (Å²) in [7, 11) is 0. The summed E-state index contributed by atoms with van der Waals surface area (Å²) in [5, 5.41) is 64.9. The van der Waals surface area contributed by atoms with Gasteiger partial charge in [-0.05, 0) is 18.4 Å². The second-order valence-electron chi connectivity index (χ2n) is 12.3. The third kappa shape index (κ3) is 13.0. The molecule has 1 heterocycles. The number of benzene rings is 1. The molecule has 9 atom stereocenters. The quantitative estimate of drug-likeness (QED) is 0.0903. The summed E-state index contributed by atoms with van der Waals surface area (Å²) in [4.78, 5) is 13.3. The Kier molecular flexibility index (Phi) is 19.3. The minimum absolute atomic E-state index is 0.348. The number of hydrogen-bond donors (Lipinski definition) is 7. The van der Waals surface area contributed by atoms with E-state index in [0.29, 0.717) is 12.8 Å². The van der Waals surface area contributed by atoms with Crippen LogP contribution in [0, 0.1) is 0 Å². The first-order valence-corrected chi connectivity index (χ1v) is 16.9. The number of amides is 1. The van der Waals surface area contributed by atoms with Gasteiger partial charge in [0.15, 0.2) is 6.29 Å². The van der Waals surface area contributed by atoms with Crippen LogP contribution < -0.4 is 5.32 Å². The molecule has 10 nitrogen and oxygen atoms in total. The van der Waals surface area contributed by atoms with Crippen LogP contribution in [-0.4, -0.2) is 98.7 Å². The number of aliphatic hydroxyl groups is 6. The normalized spacial score (nSPS) is 24.9. The van der Waals surface area contributed by atoms with E-state index in [1.165, 1.54) is 51.4 Å². The zero-order chi connectivity index (χ0) is 32.3. The van der Waals surface area contributed by atoms with Gasteiger partial charge >= 0.3 is 0 Å². The number of ether oxygens (including phenoxy) is 2. The van der Waals surface area contributed by atoms with E-state index in [-0.39, 0.29) is 12.5 Å². The van der Waals surface area contributed by atoms with Crippen molar-refractivity contribution in [2.45, 2.75) is 159 Å². The summed E-state index contributed by atoms with van der Waals surface area (Å²) < 4.78 is 11.1. The molecule has 10 heteroatoms. The number of hydrogen-bond acceptors (Lipinski definition) is 9. The van der Waals surface area contributed by atoms with Gasteiger partial charge in [0.2, 0.25) is 5.91 Å². The van der Waals surface area contributed by atoms with Gasteiger partial charge in [-0.2, -0.15) is 0 Å². The molecule has 1 saturated heterocycles. The Bertz CT molecular complexity index is 874. The highest BCUT2D eigenvalue weighted by molar-refractivity contribution is 5.83. The molecule has 0 aliphatic carbocycles. The van der Waals surface area contributed by atoms with Crippen molar-refractivity contribution in [2.75, 3.05) is 13.2 Å². The average molecular weight is 626 g/mol. The van der Waals surface area contributed by atoms with E-state index in [0.717, 1.165) is 31.2 Å². The van der Waals surface area contributed by atoms with Crippen LogP contribution in [0.3, 0.4) is 0 Å². The van der Waals surface area contributed by atoms with Crippen LogP contribution in [0.5, 0.6) is 0 Å². The lowest BCUT2D eigenvalue weighted by Crippen LogP contribution is -2.60. The van der Waals surface area contributed by atoms with Crippen LogP contribution >= 0.6 is 0 Å². The SMILES string of the molecule is CCCCCCCCCCCCCC[C@@H](O)[C@@H](O)[C@H](CO[C@H]1O[C@H](CO)[C@H](O)[C@H](O)[C@H]1O)NC(=O)C(CC)c1ccccc1. The van der Waals surface area contributed by atoms with Crippen LogP contribution in [0.25, 0.3) is 0 Å². The zero-order valence-electron chi connectivity index (χ0n) is 26.8. The Morgan fingerprint density at radius 1 is 0.841 bits per heavy atom. The Balaban J connectivity index is 1.91. The molecule has 0 aromatic heterocycles. The number of rotatable bonds is 23. The molecule has 254 valence electrons. The van der Waals surface area contributed by atoms with E-state index in [1.54, 1.807) is 0 Å². The van der Waals surface area contributed by atoms with Gasteiger partial charge in [0.1, 0.15) is 30.5 Å². The van der Waals surface area contributed by atoms with Gasteiger partial charge in [0.05, 0.1) is 31.3 Å². The van der Waals surface area contributed by atoms with Crippen molar-refractivity contribution in [1.29, 1.82) is 0 Å². The predicted octanol–water partition coefficient (Wildman–Crippen LogP) is 3.29. The highest BCUT2D eigenvalue weighted by atomic mass is 16.7. The lowest BCUT2D eigenvalue weighted by atomic mass is 9.94. The highest BCUT2D eigenvalue weighted by Gasteiger charge is 2.44. The molecule has 1 fully saturated rings. The van der Waals surface area contributed by atoms with Crippen molar-refractivity contribution < 1.29 is 44.9 Å². The fourth-order valence-corrected chi connectivity index (χ4v) is 5.80. The number of unbranched alkanes of at least 4 members (excludes halogenated alkanes) is 11. The number of carbonyl (C=O) groups excluding carboxylic acids is 1. The molecular weight excluding hydrogens is 566 g/mol. The third-order valence-electron chi connectivity index (χ3n) is 8.70. The van der Waals surface area contributed by atoms with Crippen molar-refractivity contribution in [3.63, 3.8) is 0 Å². The Morgan fingerprint density at radius 3 is 1.95 bits per heavy atom. The molecule has 1 aromatic rings. The standard InChI is InChI=1S/C34H59NO9/c1-3-5-6-7-8-9-10-11-12-13-14-18-21-27(37)29(38)26(35-33(42)25(4-2)24-19-16-15-17-20-24)23-43-34-32(41)31(40)30(39)28(22-36)44-34/h15-17,19-20,25-32,34,36-41H,3-14,18,21-23H2,1-2H3,(H,35,42)/t25?,26-,27+,28+,29-,30-,31-,32+,34-/m0/s1. The molecule has 7 N–H and O–H groups in total. The molecule has 1 aromatic carbocycles. The van der Waals surface area contributed by atoms with E-state index >= 15 is 0 Å². The molecule has 0 radical (unpaired) electrons. The van der Waals surface area contributed by atoms with Gasteiger partial charge in [-0.25, -0.2) is 0 Å². The predicted molar refractivity (Wildman–Crippen MR) is 169 cm³/mol. The summed E-state index contributed by atoms with van der Waals surface area (Å²) in [5.41, 5.74) is 0.813. The minimum atomic E-state index is -1.63. The lowest BCUT2D eigenvalue weighted by molar-refractivity contribution is -0.303. The smallest absolute Gasteiger partial charge is 0.227 e. The van der Waals surface area contributed by atoms with Crippen molar-refractivity contribution in [1.82, 2.24) is 5.32 Å². The Hall–Kier alpha value is -1.63. The van der Waals surface area contributed by atoms with Crippen molar-refractivity contribution in [3.05, 3.63) is 35.9 Å². The fourth-order valence-electron chi connectivity index (χ4n) is 5.80. The minimum Gasteiger partial charge on any atom is -0.394 e. The van der Waals surface area contributed by atoms with Gasteiger partial charge in [0, 0.05) is 0 Å². The maximum absolute atomic E-state index is 13.3. The van der Waals surface area contributed by atoms with E-state index in [9.17, 15) is 35.4 Å². The van der Waals surface area contributed by atoms with Gasteiger partial charge in [-0.15, -0.1) is 0 Å². The van der Waals surface area contributed by atoms with Gasteiger partial charge in [-0.3, -0.25) is 4.79 Å². The molecule has 2 rings (SSSR count). The van der Waals surface area contributed by atoms with E-state index < -0.39 is 61.5 Å². The summed E-state index contributed by atoms with van der Waals surface area (Å²) in [5.74, 6) is -0.843. The Morgan fingerprint density at radius 2 is 1.41 bits per heavy atom. The van der Waals surface area contributed by atoms with Gasteiger partial charge in [0.25, 0.3) is 0 Å². The summed E-state index contributed by atoms with van der Waals surface area (Å²) in [6, 6.07) is 8.20. The maximum atomic E-state index is 13.3. The number of nitrogens with one attached hydrogen (secondary N) is 1. The summed E-state index contributed by atoms with van der Waals surface area (Å²) in [6.07, 6.45) is 5.19. The van der Waals surface area contributed by atoms with Crippen molar-refractivity contribution >= 4 is 5.91 Å². The maximum Gasteiger partial charge on any atom is 0.227 e. The van der Waals surface area contributed by atoms with Crippen LogP contribution in [0.4, 0.5) is 0 Å². The van der Waals surface area contributed by atoms with E-state index in [2.05, 4.69) is 12.2 Å². The zero-order valence-corrected chi connectivity index (χ0v) is 26.8. The number of carbonyl (C=O) groups is 1. The summed E-state index contributed by atoms with van der Waals surface area (Å²) >= 11 is 0. The second kappa shape index (κ2) is 22.0. The lowest BCUT2D eigenvalue weighted by Gasteiger charge is -2.40. The first-order valence-electron chi connectivity index (χ1n) is 16.9. The Labute approximate surface area is 263 Å².